The van der Waals surface area contributed by atoms with E-state index in [1.54, 1.807) is 4.70 Å². The van der Waals surface area contributed by atoms with E-state index in [0.717, 1.165) is 72.2 Å². The van der Waals surface area contributed by atoms with E-state index < -0.39 is 0 Å². The Bertz CT molecular complexity index is 1630. The van der Waals surface area contributed by atoms with Crippen LogP contribution in [0, 0.1) is 13.8 Å². The van der Waals surface area contributed by atoms with Crippen molar-refractivity contribution < 1.29 is 21.2 Å². The molecule has 3 heteroatoms. The van der Waals surface area contributed by atoms with Gasteiger partial charge >= 0.3 is 16.5 Å². The molecule has 298 valence electrons. The fraction of sp³-hybridized carbons (Fsp3) is 0.423. The summed E-state index contributed by atoms with van der Waals surface area (Å²) in [4.78, 5) is 0. The van der Waals surface area contributed by atoms with Crippen LogP contribution in [0.2, 0.25) is 0 Å². The van der Waals surface area contributed by atoms with E-state index >= 15 is 0 Å². The summed E-state index contributed by atoms with van der Waals surface area (Å²) in [6.07, 6.45) is 21.9. The normalized spacial score (nSPS) is 12.1. The van der Waals surface area contributed by atoms with Gasteiger partial charge in [-0.15, -0.1) is 24.3 Å². The van der Waals surface area contributed by atoms with Crippen LogP contribution in [0.25, 0.3) is 16.9 Å². The van der Waals surface area contributed by atoms with Crippen LogP contribution >= 0.6 is 0 Å². The van der Waals surface area contributed by atoms with Crippen LogP contribution < -0.4 is 0 Å². The summed E-state index contributed by atoms with van der Waals surface area (Å²) in [5.41, 5.74) is 23.9. The van der Waals surface area contributed by atoms with Gasteiger partial charge in [-0.25, -0.2) is 4.70 Å². The first kappa shape index (κ1) is 47.3. The quantitative estimate of drug-likeness (QED) is 0.0369. The van der Waals surface area contributed by atoms with Crippen molar-refractivity contribution in [2.45, 2.75) is 143 Å². The molecule has 55 heavy (non-hydrogen) atoms. The Kier molecular flexibility index (Phi) is 24.6. The summed E-state index contributed by atoms with van der Waals surface area (Å²) >= 11 is 0. The average Bonchev–Trinajstić information content (AvgIpc) is 3.47. The summed E-state index contributed by atoms with van der Waals surface area (Å²) in [5, 5.41) is 0. The standard InChI is InChI=1S/C38H56N2.2C7H7.Ni/c1-5-9-13-14-15-18-20-31-26-28-33(29-27-31)37-35(24-12-8-4)36(25-17-11-7-3)38(40(37)39)34-23-19-22-32(30-34)21-16-10-6-2;2*1-7-5-3-2-4-6-7;/h19,22-23,26-30H,5-18,20-21,24-25H2,1-4H3;2*2-6H,1H2;/q;2*-1;+2. The van der Waals surface area contributed by atoms with E-state index in [1.165, 1.54) is 99.3 Å². The topological polar surface area (TPSA) is 25.3 Å². The van der Waals surface area contributed by atoms with Gasteiger partial charge in [0.1, 0.15) is 0 Å². The zero-order valence-electron chi connectivity index (χ0n) is 34.7. The Morgan fingerprint density at radius 2 is 0.855 bits per heavy atom. The molecular formula is C52H70N2Ni. The van der Waals surface area contributed by atoms with Gasteiger partial charge in [-0.05, 0) is 86.8 Å². The molecule has 0 spiro atoms. The zero-order chi connectivity index (χ0) is 38.8. The molecule has 0 saturated carbocycles. The van der Waals surface area contributed by atoms with E-state index in [-0.39, 0.29) is 16.5 Å². The third kappa shape index (κ3) is 17.3. The fourth-order valence-corrected chi connectivity index (χ4v) is 7.04. The molecule has 0 N–H and O–H groups in total. The van der Waals surface area contributed by atoms with Gasteiger partial charge in [0.25, 0.3) is 0 Å². The van der Waals surface area contributed by atoms with Crippen LogP contribution in [0.3, 0.4) is 0 Å². The van der Waals surface area contributed by atoms with E-state index in [2.05, 4.69) is 90.1 Å². The SMILES string of the molecule is CCCCCCCCc1ccc(C2=C(CCCC)C(CCCCC)=C(c3cccc(CCCCC)c3)[N+]2=[N-])cc1.[CH2-]c1ccccc1.[CH2-]c1ccccc1.[Ni+2]. The summed E-state index contributed by atoms with van der Waals surface area (Å²) in [6, 6.07) is 37.8. The van der Waals surface area contributed by atoms with Crippen LogP contribution in [0.5, 0.6) is 0 Å². The maximum absolute atomic E-state index is 11.9. The van der Waals surface area contributed by atoms with Crippen molar-refractivity contribution in [3.63, 3.8) is 0 Å². The molecule has 2 nitrogen and oxygen atoms in total. The van der Waals surface area contributed by atoms with Crippen LogP contribution in [0.1, 0.15) is 164 Å². The minimum absolute atomic E-state index is 0. The second-order valence-corrected chi connectivity index (χ2v) is 14.9. The molecule has 0 amide bonds. The minimum Gasteiger partial charge on any atom is -0.493 e. The average molecular weight is 782 g/mol. The van der Waals surface area contributed by atoms with E-state index in [9.17, 15) is 5.53 Å². The second-order valence-electron chi connectivity index (χ2n) is 14.9. The van der Waals surface area contributed by atoms with Gasteiger partial charge in [0.15, 0.2) is 0 Å². The molecule has 0 radical (unpaired) electrons. The van der Waals surface area contributed by atoms with Crippen LogP contribution in [0.4, 0.5) is 0 Å². The minimum atomic E-state index is 0. The smallest absolute Gasteiger partial charge is 0.493 e. The number of hydrogen-bond acceptors (Lipinski definition) is 0. The molecule has 0 aromatic heterocycles. The molecule has 0 aliphatic carbocycles. The van der Waals surface area contributed by atoms with Gasteiger partial charge < -0.3 is 5.53 Å². The summed E-state index contributed by atoms with van der Waals surface area (Å²) < 4.78 is 1.56. The van der Waals surface area contributed by atoms with E-state index in [0.29, 0.717) is 0 Å². The molecule has 0 atom stereocenters. The number of allylic oxidation sites excluding steroid dienone is 2. The number of hydrogen-bond donors (Lipinski definition) is 0. The van der Waals surface area contributed by atoms with Crippen molar-refractivity contribution in [1.82, 2.24) is 0 Å². The Morgan fingerprint density at radius 1 is 0.418 bits per heavy atom. The Labute approximate surface area is 347 Å². The summed E-state index contributed by atoms with van der Waals surface area (Å²) in [5.74, 6) is 0. The zero-order valence-corrected chi connectivity index (χ0v) is 35.7. The van der Waals surface area contributed by atoms with Crippen molar-refractivity contribution in [1.29, 1.82) is 0 Å². The third-order valence-electron chi connectivity index (χ3n) is 10.2. The number of unbranched alkanes of at least 4 members (excludes halogenated alkanes) is 10. The number of nitrogens with zero attached hydrogens (tertiary/aromatic N) is 2. The Hall–Kier alpha value is -3.81. The van der Waals surface area contributed by atoms with Gasteiger partial charge in [-0.1, -0.05) is 128 Å². The van der Waals surface area contributed by atoms with E-state index in [4.69, 9.17) is 0 Å². The number of aryl methyl sites for hydroxylation is 2. The third-order valence-corrected chi connectivity index (χ3v) is 10.2. The first-order valence-corrected chi connectivity index (χ1v) is 21.3. The maximum Gasteiger partial charge on any atom is 2.00 e. The van der Waals surface area contributed by atoms with Gasteiger partial charge in [0.2, 0.25) is 11.4 Å². The molecular weight excluding hydrogens is 711 g/mol. The Morgan fingerprint density at radius 3 is 1.38 bits per heavy atom. The number of rotatable bonds is 20. The molecule has 1 heterocycles. The first-order chi connectivity index (χ1) is 26.4. The summed E-state index contributed by atoms with van der Waals surface area (Å²) in [7, 11) is 0. The van der Waals surface area contributed by atoms with Crippen molar-refractivity contribution in [2.75, 3.05) is 0 Å². The molecule has 0 unspecified atom stereocenters. The van der Waals surface area contributed by atoms with Crippen molar-refractivity contribution in [3.05, 3.63) is 173 Å². The van der Waals surface area contributed by atoms with E-state index in [1.807, 2.05) is 60.7 Å². The molecule has 0 saturated heterocycles. The second kappa shape index (κ2) is 28.6. The predicted octanol–water partition coefficient (Wildman–Crippen LogP) is 16.0. The largest absolute Gasteiger partial charge is 2.00 e. The van der Waals surface area contributed by atoms with Crippen molar-refractivity contribution in [2.24, 2.45) is 0 Å². The first-order valence-electron chi connectivity index (χ1n) is 21.3. The van der Waals surface area contributed by atoms with Crippen LogP contribution in [-0.4, -0.2) is 4.70 Å². The Balaban J connectivity index is 0.000000577. The molecule has 0 bridgehead atoms. The van der Waals surface area contributed by atoms with Gasteiger partial charge in [-0.2, -0.15) is 49.2 Å². The fourth-order valence-electron chi connectivity index (χ4n) is 7.04. The maximum atomic E-state index is 11.9. The van der Waals surface area contributed by atoms with Gasteiger partial charge in [0.05, 0.1) is 0 Å². The van der Waals surface area contributed by atoms with Gasteiger partial charge in [0, 0.05) is 22.3 Å². The molecule has 4 aromatic rings. The van der Waals surface area contributed by atoms with Crippen molar-refractivity contribution in [3.8, 4) is 0 Å². The summed E-state index contributed by atoms with van der Waals surface area (Å²) in [6.45, 7) is 16.5. The molecule has 1 aliphatic heterocycles. The molecule has 4 aromatic carbocycles. The van der Waals surface area contributed by atoms with Crippen molar-refractivity contribution >= 4 is 11.4 Å². The predicted molar refractivity (Wildman–Crippen MR) is 236 cm³/mol. The number of benzene rings is 4. The molecule has 5 rings (SSSR count). The monoisotopic (exact) mass is 780 g/mol. The molecule has 1 aliphatic rings. The van der Waals surface area contributed by atoms with Gasteiger partial charge in [-0.3, -0.25) is 0 Å². The molecule has 0 fully saturated rings. The van der Waals surface area contributed by atoms with Crippen LogP contribution in [0.15, 0.2) is 120 Å². The van der Waals surface area contributed by atoms with Crippen LogP contribution in [-0.2, 0) is 29.3 Å².